The Balaban J connectivity index is 1.61. The van der Waals surface area contributed by atoms with Gasteiger partial charge >= 0.3 is 0 Å². The number of carbonyl (C=O) groups excluding carboxylic acids is 1. The summed E-state index contributed by atoms with van der Waals surface area (Å²) < 4.78 is 30.3. The van der Waals surface area contributed by atoms with Crippen LogP contribution in [0, 0.1) is 0 Å². The monoisotopic (exact) mass is 363 g/mol. The molecular weight excluding hydrogens is 346 g/mol. The first kappa shape index (κ1) is 15.8. The molecule has 1 aromatic carbocycles. The molecule has 4 rings (SSSR count). The van der Waals surface area contributed by atoms with Crippen LogP contribution in [0.2, 0.25) is 0 Å². The van der Waals surface area contributed by atoms with Crippen molar-refractivity contribution in [2.45, 2.75) is 29.6 Å². The van der Waals surface area contributed by atoms with Gasteiger partial charge in [-0.1, -0.05) is 18.2 Å². The molecule has 1 N–H and O–H groups in total. The van der Waals surface area contributed by atoms with Gasteiger partial charge in [0.1, 0.15) is 0 Å². The summed E-state index contributed by atoms with van der Waals surface area (Å²) in [6.07, 6.45) is 2.08. The lowest BCUT2D eigenvalue weighted by Crippen LogP contribution is -2.31. The zero-order valence-corrected chi connectivity index (χ0v) is 14.6. The molecule has 1 aromatic heterocycles. The molecule has 0 aliphatic carbocycles. The third-order valence-electron chi connectivity index (χ3n) is 4.36. The van der Waals surface area contributed by atoms with E-state index >= 15 is 0 Å². The maximum Gasteiger partial charge on any atom is 0.261 e. The number of hydrogen-bond donors (Lipinski definition) is 1. The van der Waals surface area contributed by atoms with Gasteiger partial charge in [0.15, 0.2) is 9.84 Å². The minimum Gasteiger partial charge on any atom is -0.376 e. The first-order valence-corrected chi connectivity index (χ1v) is 10.4. The summed E-state index contributed by atoms with van der Waals surface area (Å²) in [4.78, 5) is 14.2. The lowest BCUT2D eigenvalue weighted by molar-refractivity contribution is 0.0861. The second-order valence-corrected chi connectivity index (χ2v) is 9.08. The van der Waals surface area contributed by atoms with E-state index in [1.54, 1.807) is 24.3 Å². The molecule has 7 heteroatoms. The predicted octanol–water partition coefficient (Wildman–Crippen LogP) is 2.61. The van der Waals surface area contributed by atoms with Gasteiger partial charge in [0.2, 0.25) is 0 Å². The van der Waals surface area contributed by atoms with Crippen molar-refractivity contribution < 1.29 is 17.9 Å². The topological polar surface area (TPSA) is 72.5 Å². The van der Waals surface area contributed by atoms with Gasteiger partial charge in [-0.15, -0.1) is 11.3 Å². The van der Waals surface area contributed by atoms with E-state index in [0.717, 1.165) is 24.3 Å². The van der Waals surface area contributed by atoms with Gasteiger partial charge in [-0.05, 0) is 30.5 Å². The number of ether oxygens (including phenoxy) is 1. The number of amides is 1. The van der Waals surface area contributed by atoms with Crippen molar-refractivity contribution in [3.63, 3.8) is 0 Å². The van der Waals surface area contributed by atoms with Crippen LogP contribution >= 0.6 is 11.3 Å². The zero-order chi connectivity index (χ0) is 16.7. The van der Waals surface area contributed by atoms with Gasteiger partial charge in [-0.3, -0.25) is 4.79 Å². The largest absolute Gasteiger partial charge is 0.376 e. The highest BCUT2D eigenvalue weighted by Gasteiger charge is 2.30. The van der Waals surface area contributed by atoms with Crippen LogP contribution in [0.5, 0.6) is 0 Å². The molecule has 3 heterocycles. The first-order valence-electron chi connectivity index (χ1n) is 7.89. The van der Waals surface area contributed by atoms with E-state index in [2.05, 4.69) is 5.32 Å². The Hall–Kier alpha value is -1.70. The highest BCUT2D eigenvalue weighted by molar-refractivity contribution is 7.91. The fraction of sp³-hybridized carbons (Fsp3) is 0.353. The molecule has 1 amide bonds. The van der Waals surface area contributed by atoms with Crippen LogP contribution in [0.3, 0.4) is 0 Å². The summed E-state index contributed by atoms with van der Waals surface area (Å²) in [5.74, 6) is -0.214. The highest BCUT2D eigenvalue weighted by Crippen LogP contribution is 2.42. The molecule has 126 valence electrons. The Morgan fingerprint density at radius 3 is 2.96 bits per heavy atom. The number of carbonyl (C=O) groups is 1. The van der Waals surface area contributed by atoms with Crippen LogP contribution in [0.25, 0.3) is 10.4 Å². The maximum atomic E-state index is 12.4. The Kier molecular flexibility index (Phi) is 3.94. The molecule has 0 unspecified atom stereocenters. The van der Waals surface area contributed by atoms with E-state index in [-0.39, 0.29) is 17.8 Å². The summed E-state index contributed by atoms with van der Waals surface area (Å²) >= 11 is 1.35. The number of fused-ring (bicyclic) bond motifs is 3. The molecule has 0 bridgehead atoms. The zero-order valence-electron chi connectivity index (χ0n) is 12.9. The van der Waals surface area contributed by atoms with Crippen molar-refractivity contribution >= 4 is 27.1 Å². The van der Waals surface area contributed by atoms with Gasteiger partial charge in [0, 0.05) is 23.6 Å². The summed E-state index contributed by atoms with van der Waals surface area (Å²) in [6, 6.07) is 8.68. The quantitative estimate of drug-likeness (QED) is 0.910. The third-order valence-corrected chi connectivity index (χ3v) is 7.29. The Bertz CT molecular complexity index is 895. The Labute approximate surface area is 144 Å². The fourth-order valence-corrected chi connectivity index (χ4v) is 6.06. The molecule has 0 radical (unpaired) electrons. The summed E-state index contributed by atoms with van der Waals surface area (Å²) in [7, 11) is -3.34. The van der Waals surface area contributed by atoms with E-state index in [1.165, 1.54) is 11.3 Å². The molecule has 24 heavy (non-hydrogen) atoms. The average molecular weight is 363 g/mol. The Morgan fingerprint density at radius 2 is 2.17 bits per heavy atom. The van der Waals surface area contributed by atoms with Crippen molar-refractivity contribution in [3.05, 3.63) is 40.8 Å². The normalized spacial score (nSPS) is 21.1. The summed E-state index contributed by atoms with van der Waals surface area (Å²) in [5, 5.41) is 2.89. The lowest BCUT2D eigenvalue weighted by atomic mass is 10.1. The van der Waals surface area contributed by atoms with Crippen LogP contribution in [0.1, 0.15) is 28.1 Å². The van der Waals surface area contributed by atoms with Crippen LogP contribution < -0.4 is 5.32 Å². The molecule has 0 saturated carbocycles. The summed E-state index contributed by atoms with van der Waals surface area (Å²) in [6.45, 7) is 1.25. The van der Waals surface area contributed by atoms with Gasteiger partial charge in [0.25, 0.3) is 5.91 Å². The van der Waals surface area contributed by atoms with Crippen molar-refractivity contribution in [1.82, 2.24) is 5.32 Å². The number of rotatable bonds is 3. The number of sulfone groups is 1. The van der Waals surface area contributed by atoms with E-state index < -0.39 is 9.84 Å². The van der Waals surface area contributed by atoms with E-state index in [0.29, 0.717) is 27.4 Å². The Morgan fingerprint density at radius 1 is 1.33 bits per heavy atom. The van der Waals surface area contributed by atoms with E-state index in [1.807, 2.05) is 6.07 Å². The van der Waals surface area contributed by atoms with Gasteiger partial charge in [-0.25, -0.2) is 8.42 Å². The molecule has 2 aliphatic heterocycles. The molecular formula is C17H17NO4S2. The number of thiophene rings is 1. The molecule has 2 aromatic rings. The van der Waals surface area contributed by atoms with Crippen molar-refractivity contribution in [2.24, 2.45) is 0 Å². The predicted molar refractivity (Wildman–Crippen MR) is 92.0 cm³/mol. The van der Waals surface area contributed by atoms with Crippen molar-refractivity contribution in [3.8, 4) is 10.4 Å². The van der Waals surface area contributed by atoms with Crippen molar-refractivity contribution in [2.75, 3.05) is 13.2 Å². The molecule has 5 nitrogen and oxygen atoms in total. The minimum absolute atomic E-state index is 0.0468. The van der Waals surface area contributed by atoms with Crippen LogP contribution in [-0.4, -0.2) is 33.6 Å². The fourth-order valence-electron chi connectivity index (χ4n) is 3.18. The highest BCUT2D eigenvalue weighted by atomic mass is 32.2. The molecule has 0 spiro atoms. The molecule has 2 aliphatic rings. The van der Waals surface area contributed by atoms with E-state index in [9.17, 15) is 13.2 Å². The van der Waals surface area contributed by atoms with Gasteiger partial charge < -0.3 is 10.1 Å². The third kappa shape index (κ3) is 2.76. The molecule has 1 saturated heterocycles. The van der Waals surface area contributed by atoms with Gasteiger partial charge in [-0.2, -0.15) is 0 Å². The summed E-state index contributed by atoms with van der Waals surface area (Å²) in [5.41, 5.74) is 1.41. The van der Waals surface area contributed by atoms with Crippen LogP contribution in [0.4, 0.5) is 0 Å². The SMILES string of the molecule is O=C(NC[C@H]1CCCO1)c1cc2c(s1)-c1ccccc1S(=O)(=O)C2. The smallest absolute Gasteiger partial charge is 0.261 e. The second kappa shape index (κ2) is 5.98. The lowest BCUT2D eigenvalue weighted by Gasteiger charge is -2.15. The number of hydrogen-bond acceptors (Lipinski definition) is 5. The van der Waals surface area contributed by atoms with E-state index in [4.69, 9.17) is 4.74 Å². The maximum absolute atomic E-state index is 12.4. The van der Waals surface area contributed by atoms with Crippen LogP contribution in [-0.2, 0) is 20.3 Å². The minimum atomic E-state index is -3.34. The molecule has 1 atom stereocenters. The molecule has 1 fully saturated rings. The number of nitrogens with one attached hydrogen (secondary N) is 1. The van der Waals surface area contributed by atoms with Crippen molar-refractivity contribution in [1.29, 1.82) is 0 Å². The van der Waals surface area contributed by atoms with Crippen LogP contribution in [0.15, 0.2) is 35.2 Å². The second-order valence-electron chi connectivity index (χ2n) is 6.07. The standard InChI is InChI=1S/C17H17NO4S2/c19-17(18-9-12-4-3-7-22-12)14-8-11-10-24(20,21)15-6-2-1-5-13(15)16(11)23-14/h1-2,5-6,8,12H,3-4,7,9-10H2,(H,18,19)/t12-/m1/s1. The average Bonchev–Trinajstić information content (AvgIpc) is 3.21. The first-order chi connectivity index (χ1) is 11.5. The van der Waals surface area contributed by atoms with Gasteiger partial charge in [0.05, 0.1) is 21.6 Å². The number of benzene rings is 1.